The SMILES string of the molecule is COc1ccc2[nH]c(=S)n(C3CCC(C)C3C)c2n1. The van der Waals surface area contributed by atoms with Gasteiger partial charge in [-0.1, -0.05) is 13.8 Å². The van der Waals surface area contributed by atoms with Gasteiger partial charge in [0.25, 0.3) is 0 Å². The van der Waals surface area contributed by atoms with Crippen molar-refractivity contribution in [2.75, 3.05) is 7.11 Å². The summed E-state index contributed by atoms with van der Waals surface area (Å²) < 4.78 is 8.17. The number of ether oxygens (including phenoxy) is 1. The predicted octanol–water partition coefficient (Wildman–Crippen LogP) is 3.71. The molecule has 4 nitrogen and oxygen atoms in total. The van der Waals surface area contributed by atoms with Crippen LogP contribution in [-0.2, 0) is 0 Å². The molecular weight excluding hydrogens is 258 g/mol. The zero-order chi connectivity index (χ0) is 13.6. The maximum Gasteiger partial charge on any atom is 0.215 e. The summed E-state index contributed by atoms with van der Waals surface area (Å²) in [5.41, 5.74) is 1.90. The van der Waals surface area contributed by atoms with Crippen molar-refractivity contribution in [2.45, 2.75) is 32.7 Å². The second-order valence-corrected chi connectivity index (χ2v) is 5.89. The van der Waals surface area contributed by atoms with Gasteiger partial charge in [0.05, 0.1) is 12.6 Å². The van der Waals surface area contributed by atoms with Crippen LogP contribution in [0.1, 0.15) is 32.7 Å². The van der Waals surface area contributed by atoms with Gasteiger partial charge in [-0.05, 0) is 43.0 Å². The van der Waals surface area contributed by atoms with Crippen LogP contribution in [0.3, 0.4) is 0 Å². The number of aromatic nitrogens is 3. The highest BCUT2D eigenvalue weighted by molar-refractivity contribution is 7.71. The first-order valence-electron chi connectivity index (χ1n) is 6.77. The number of hydrogen-bond acceptors (Lipinski definition) is 3. The highest BCUT2D eigenvalue weighted by Crippen LogP contribution is 2.41. The Hall–Kier alpha value is -1.36. The van der Waals surface area contributed by atoms with E-state index in [1.807, 2.05) is 12.1 Å². The van der Waals surface area contributed by atoms with E-state index in [9.17, 15) is 0 Å². The van der Waals surface area contributed by atoms with Gasteiger partial charge in [0, 0.05) is 12.1 Å². The normalized spacial score (nSPS) is 27.0. The Labute approximate surface area is 117 Å². The lowest BCUT2D eigenvalue weighted by atomic mass is 9.98. The summed E-state index contributed by atoms with van der Waals surface area (Å²) in [6.45, 7) is 4.63. The Kier molecular flexibility index (Phi) is 3.09. The van der Waals surface area contributed by atoms with E-state index in [4.69, 9.17) is 17.0 Å². The monoisotopic (exact) mass is 277 g/mol. The van der Waals surface area contributed by atoms with Crippen LogP contribution in [0.4, 0.5) is 0 Å². The first-order chi connectivity index (χ1) is 9.11. The van der Waals surface area contributed by atoms with Crippen molar-refractivity contribution in [1.29, 1.82) is 0 Å². The van der Waals surface area contributed by atoms with Crippen molar-refractivity contribution in [1.82, 2.24) is 14.5 Å². The lowest BCUT2D eigenvalue weighted by Crippen LogP contribution is -2.15. The van der Waals surface area contributed by atoms with Gasteiger partial charge in [-0.25, -0.2) is 0 Å². The summed E-state index contributed by atoms with van der Waals surface area (Å²) in [5, 5.41) is 0. The first-order valence-corrected chi connectivity index (χ1v) is 7.18. The van der Waals surface area contributed by atoms with E-state index in [-0.39, 0.29) is 0 Å². The summed E-state index contributed by atoms with van der Waals surface area (Å²) in [4.78, 5) is 7.81. The van der Waals surface area contributed by atoms with E-state index in [1.165, 1.54) is 12.8 Å². The van der Waals surface area contributed by atoms with E-state index in [0.29, 0.717) is 17.8 Å². The smallest absolute Gasteiger partial charge is 0.215 e. The summed E-state index contributed by atoms with van der Waals surface area (Å²) >= 11 is 5.49. The molecule has 1 aliphatic rings. The highest BCUT2D eigenvalue weighted by atomic mass is 32.1. The molecule has 5 heteroatoms. The molecule has 0 aromatic carbocycles. The molecule has 0 amide bonds. The van der Waals surface area contributed by atoms with Gasteiger partial charge in [0.15, 0.2) is 10.4 Å². The van der Waals surface area contributed by atoms with E-state index >= 15 is 0 Å². The molecule has 0 aliphatic heterocycles. The molecule has 2 heterocycles. The molecule has 3 unspecified atom stereocenters. The molecule has 0 saturated heterocycles. The van der Waals surface area contributed by atoms with E-state index in [1.54, 1.807) is 7.11 Å². The van der Waals surface area contributed by atoms with Crippen molar-refractivity contribution in [3.8, 4) is 5.88 Å². The summed E-state index contributed by atoms with van der Waals surface area (Å²) in [5.74, 6) is 2.00. The fourth-order valence-electron chi connectivity index (χ4n) is 3.11. The Morgan fingerprint density at radius 1 is 1.37 bits per heavy atom. The fraction of sp³-hybridized carbons (Fsp3) is 0.571. The molecule has 102 valence electrons. The minimum atomic E-state index is 0.441. The number of aromatic amines is 1. The summed E-state index contributed by atoms with van der Waals surface area (Å²) in [7, 11) is 1.64. The second kappa shape index (κ2) is 4.63. The third-order valence-corrected chi connectivity index (χ3v) is 4.80. The summed E-state index contributed by atoms with van der Waals surface area (Å²) in [6, 6.07) is 4.28. The van der Waals surface area contributed by atoms with Gasteiger partial charge < -0.3 is 9.72 Å². The van der Waals surface area contributed by atoms with Gasteiger partial charge in [-0.3, -0.25) is 4.57 Å². The van der Waals surface area contributed by atoms with E-state index in [2.05, 4.69) is 28.4 Å². The fourth-order valence-corrected chi connectivity index (χ4v) is 3.44. The Bertz CT molecular complexity index is 660. The number of methoxy groups -OCH3 is 1. The second-order valence-electron chi connectivity index (χ2n) is 5.51. The van der Waals surface area contributed by atoms with Crippen molar-refractivity contribution < 1.29 is 4.74 Å². The van der Waals surface area contributed by atoms with Crippen molar-refractivity contribution in [3.05, 3.63) is 16.9 Å². The van der Waals surface area contributed by atoms with Crippen LogP contribution in [0.25, 0.3) is 11.2 Å². The lowest BCUT2D eigenvalue weighted by Gasteiger charge is -2.20. The zero-order valence-electron chi connectivity index (χ0n) is 11.5. The quantitative estimate of drug-likeness (QED) is 0.851. The van der Waals surface area contributed by atoms with Crippen molar-refractivity contribution in [2.24, 2.45) is 11.8 Å². The molecule has 2 aromatic heterocycles. The van der Waals surface area contributed by atoms with Crippen LogP contribution < -0.4 is 4.74 Å². The number of pyridine rings is 1. The molecule has 0 bridgehead atoms. The van der Waals surface area contributed by atoms with Crippen LogP contribution in [0.2, 0.25) is 0 Å². The van der Waals surface area contributed by atoms with E-state index < -0.39 is 0 Å². The van der Waals surface area contributed by atoms with Crippen LogP contribution in [0.15, 0.2) is 12.1 Å². The van der Waals surface area contributed by atoms with Crippen LogP contribution in [0.5, 0.6) is 5.88 Å². The number of H-pyrrole nitrogens is 1. The molecule has 0 spiro atoms. The molecule has 1 N–H and O–H groups in total. The third kappa shape index (κ3) is 1.96. The van der Waals surface area contributed by atoms with Crippen molar-refractivity contribution in [3.63, 3.8) is 0 Å². The molecule has 3 rings (SSSR count). The Morgan fingerprint density at radius 2 is 2.16 bits per heavy atom. The number of imidazole rings is 1. The maximum absolute atomic E-state index is 5.49. The standard InChI is InChI=1S/C14H19N3OS/c1-8-4-6-11(9(8)2)17-13-10(15-14(17)19)5-7-12(16-13)18-3/h5,7-9,11H,4,6H2,1-3H3,(H,15,19). The molecule has 19 heavy (non-hydrogen) atoms. The highest BCUT2D eigenvalue weighted by Gasteiger charge is 2.32. The maximum atomic E-state index is 5.49. The molecule has 1 saturated carbocycles. The van der Waals surface area contributed by atoms with Gasteiger partial charge in [-0.15, -0.1) is 0 Å². The minimum absolute atomic E-state index is 0.441. The van der Waals surface area contributed by atoms with Gasteiger partial charge in [-0.2, -0.15) is 4.98 Å². The van der Waals surface area contributed by atoms with E-state index in [0.717, 1.165) is 21.9 Å². The van der Waals surface area contributed by atoms with Gasteiger partial charge >= 0.3 is 0 Å². The Morgan fingerprint density at radius 3 is 2.79 bits per heavy atom. The topological polar surface area (TPSA) is 42.8 Å². The van der Waals surface area contributed by atoms with Gasteiger partial charge in [0.2, 0.25) is 5.88 Å². The van der Waals surface area contributed by atoms with Crippen molar-refractivity contribution >= 4 is 23.4 Å². The molecule has 3 atom stereocenters. The first kappa shape index (κ1) is 12.7. The minimum Gasteiger partial charge on any atom is -0.481 e. The third-order valence-electron chi connectivity index (χ3n) is 4.50. The Balaban J connectivity index is 2.17. The number of nitrogens with zero attached hydrogens (tertiary/aromatic N) is 2. The van der Waals surface area contributed by atoms with Crippen LogP contribution >= 0.6 is 12.2 Å². The molecule has 2 aromatic rings. The number of rotatable bonds is 2. The number of nitrogens with one attached hydrogen (secondary N) is 1. The number of hydrogen-bond donors (Lipinski definition) is 1. The van der Waals surface area contributed by atoms with Gasteiger partial charge in [0.1, 0.15) is 0 Å². The molecule has 1 fully saturated rings. The van der Waals surface area contributed by atoms with Crippen LogP contribution in [0, 0.1) is 16.6 Å². The zero-order valence-corrected chi connectivity index (χ0v) is 12.3. The largest absolute Gasteiger partial charge is 0.481 e. The lowest BCUT2D eigenvalue weighted by molar-refractivity contribution is 0.354. The molecular formula is C14H19N3OS. The summed E-state index contributed by atoms with van der Waals surface area (Å²) in [6.07, 6.45) is 2.42. The molecule has 1 aliphatic carbocycles. The predicted molar refractivity (Wildman–Crippen MR) is 78.1 cm³/mol. The average molecular weight is 277 g/mol. The average Bonchev–Trinajstić information content (AvgIpc) is 2.89. The number of fused-ring (bicyclic) bond motifs is 1. The van der Waals surface area contributed by atoms with Crippen LogP contribution in [-0.4, -0.2) is 21.6 Å². The molecule has 0 radical (unpaired) electrons.